The van der Waals surface area contributed by atoms with Gasteiger partial charge in [-0.05, 0) is 58.8 Å². The van der Waals surface area contributed by atoms with Crippen LogP contribution >= 0.6 is 0 Å². The minimum Gasteiger partial charge on any atom is -0.354 e. The maximum absolute atomic E-state index is 12.0. The lowest BCUT2D eigenvalue weighted by Crippen LogP contribution is -2.53. The third-order valence-electron chi connectivity index (χ3n) is 3.89. The fourth-order valence-corrected chi connectivity index (χ4v) is 2.49. The molecule has 18 heavy (non-hydrogen) atoms. The van der Waals surface area contributed by atoms with E-state index in [1.807, 2.05) is 20.8 Å². The number of rotatable bonds is 6. The Morgan fingerprint density at radius 2 is 1.89 bits per heavy atom. The van der Waals surface area contributed by atoms with Crippen molar-refractivity contribution in [2.75, 3.05) is 32.7 Å². The quantitative estimate of drug-likeness (QED) is 0.750. The van der Waals surface area contributed by atoms with E-state index in [4.69, 9.17) is 0 Å². The Kier molecular flexibility index (Phi) is 6.09. The molecule has 0 atom stereocenters. The lowest BCUT2D eigenvalue weighted by atomic mass is 9.96. The Bertz CT molecular complexity index is 258. The van der Waals surface area contributed by atoms with E-state index in [9.17, 15) is 4.79 Å². The maximum atomic E-state index is 12.0. The van der Waals surface area contributed by atoms with E-state index < -0.39 is 5.54 Å². The second-order valence-electron chi connectivity index (χ2n) is 5.74. The third-order valence-corrected chi connectivity index (χ3v) is 3.89. The molecule has 2 N–H and O–H groups in total. The molecule has 0 radical (unpaired) electrons. The number of nitrogens with zero attached hydrogens (tertiary/aromatic N) is 1. The summed E-state index contributed by atoms with van der Waals surface area (Å²) in [6, 6.07) is 0. The number of piperidine rings is 1. The number of likely N-dealkylation sites (tertiary alicyclic amines) is 1. The summed E-state index contributed by atoms with van der Waals surface area (Å²) in [4.78, 5) is 14.5. The van der Waals surface area contributed by atoms with Crippen molar-refractivity contribution in [3.05, 3.63) is 0 Å². The van der Waals surface area contributed by atoms with Crippen molar-refractivity contribution in [3.63, 3.8) is 0 Å². The zero-order valence-electron chi connectivity index (χ0n) is 12.4. The van der Waals surface area contributed by atoms with Crippen molar-refractivity contribution in [3.8, 4) is 0 Å². The minimum absolute atomic E-state index is 0.113. The molecule has 1 saturated heterocycles. The first kappa shape index (κ1) is 15.4. The predicted octanol–water partition coefficient (Wildman–Crippen LogP) is 1.22. The van der Waals surface area contributed by atoms with E-state index in [2.05, 4.69) is 22.5 Å². The molecule has 0 saturated carbocycles. The van der Waals surface area contributed by atoms with E-state index in [0.29, 0.717) is 5.92 Å². The standard InChI is InChI=1S/C14H29N3O/c1-5-16-14(3,4)13(18)15-11-12-7-9-17(6-2)10-8-12/h12,16H,5-11H2,1-4H3,(H,15,18). The summed E-state index contributed by atoms with van der Waals surface area (Å²) >= 11 is 0. The number of carbonyl (C=O) groups excluding carboxylic acids is 1. The van der Waals surface area contributed by atoms with Gasteiger partial charge < -0.3 is 15.5 Å². The smallest absolute Gasteiger partial charge is 0.239 e. The average molecular weight is 255 g/mol. The van der Waals surface area contributed by atoms with Crippen LogP contribution in [0, 0.1) is 5.92 Å². The van der Waals surface area contributed by atoms with Crippen LogP contribution in [0.25, 0.3) is 0 Å². The monoisotopic (exact) mass is 255 g/mol. The van der Waals surface area contributed by atoms with Crippen molar-refractivity contribution in [2.24, 2.45) is 5.92 Å². The Morgan fingerprint density at radius 3 is 2.39 bits per heavy atom. The molecule has 0 bridgehead atoms. The molecule has 0 aliphatic carbocycles. The molecule has 1 amide bonds. The van der Waals surface area contributed by atoms with Crippen LogP contribution in [0.1, 0.15) is 40.5 Å². The van der Waals surface area contributed by atoms with Crippen LogP contribution in [0.5, 0.6) is 0 Å². The van der Waals surface area contributed by atoms with Crippen LogP contribution in [0.4, 0.5) is 0 Å². The largest absolute Gasteiger partial charge is 0.354 e. The zero-order chi connectivity index (χ0) is 13.6. The van der Waals surface area contributed by atoms with Crippen molar-refractivity contribution in [1.29, 1.82) is 0 Å². The van der Waals surface area contributed by atoms with Crippen LogP contribution < -0.4 is 10.6 Å². The number of carbonyl (C=O) groups is 1. The Morgan fingerprint density at radius 1 is 1.28 bits per heavy atom. The highest BCUT2D eigenvalue weighted by Crippen LogP contribution is 2.16. The summed E-state index contributed by atoms with van der Waals surface area (Å²) in [7, 11) is 0. The number of nitrogens with one attached hydrogen (secondary N) is 2. The normalized spacial score (nSPS) is 18.9. The summed E-state index contributed by atoms with van der Waals surface area (Å²) in [6.45, 7) is 13.2. The van der Waals surface area contributed by atoms with Gasteiger partial charge in [0, 0.05) is 6.54 Å². The average Bonchev–Trinajstić information content (AvgIpc) is 2.36. The first-order valence-electron chi connectivity index (χ1n) is 7.25. The lowest BCUT2D eigenvalue weighted by Gasteiger charge is -2.32. The fraction of sp³-hybridized carbons (Fsp3) is 0.929. The van der Waals surface area contributed by atoms with Crippen LogP contribution in [0.2, 0.25) is 0 Å². The molecule has 4 nitrogen and oxygen atoms in total. The molecule has 0 spiro atoms. The minimum atomic E-state index is -0.459. The molecule has 1 aliphatic rings. The van der Waals surface area contributed by atoms with Gasteiger partial charge >= 0.3 is 0 Å². The van der Waals surface area contributed by atoms with Crippen molar-refractivity contribution in [2.45, 2.75) is 46.1 Å². The van der Waals surface area contributed by atoms with Crippen LogP contribution in [0.3, 0.4) is 0 Å². The van der Waals surface area contributed by atoms with E-state index >= 15 is 0 Å². The number of hydrogen-bond donors (Lipinski definition) is 2. The molecule has 1 heterocycles. The molecule has 0 aromatic carbocycles. The van der Waals surface area contributed by atoms with Gasteiger partial charge in [-0.3, -0.25) is 4.79 Å². The molecule has 1 aliphatic heterocycles. The Labute approximate surface area is 111 Å². The number of amides is 1. The molecule has 4 heteroatoms. The van der Waals surface area contributed by atoms with Crippen LogP contribution in [-0.4, -0.2) is 49.1 Å². The Hall–Kier alpha value is -0.610. The lowest BCUT2D eigenvalue weighted by molar-refractivity contribution is -0.126. The number of hydrogen-bond acceptors (Lipinski definition) is 3. The van der Waals surface area contributed by atoms with Gasteiger partial charge in [0.25, 0.3) is 0 Å². The summed E-state index contributed by atoms with van der Waals surface area (Å²) in [5.41, 5.74) is -0.459. The SMILES string of the molecule is CCNC(C)(C)C(=O)NCC1CCN(CC)CC1. The fourth-order valence-electron chi connectivity index (χ4n) is 2.49. The van der Waals surface area contributed by atoms with E-state index in [1.165, 1.54) is 25.9 Å². The maximum Gasteiger partial charge on any atom is 0.239 e. The van der Waals surface area contributed by atoms with Gasteiger partial charge in [0.2, 0.25) is 5.91 Å². The molecule has 106 valence electrons. The highest BCUT2D eigenvalue weighted by atomic mass is 16.2. The third kappa shape index (κ3) is 4.58. The van der Waals surface area contributed by atoms with Crippen molar-refractivity contribution < 1.29 is 4.79 Å². The van der Waals surface area contributed by atoms with Gasteiger partial charge in [0.1, 0.15) is 0 Å². The van der Waals surface area contributed by atoms with E-state index in [-0.39, 0.29) is 5.91 Å². The summed E-state index contributed by atoms with van der Waals surface area (Å²) in [5, 5.41) is 6.30. The van der Waals surface area contributed by atoms with Crippen molar-refractivity contribution >= 4 is 5.91 Å². The van der Waals surface area contributed by atoms with E-state index in [1.54, 1.807) is 0 Å². The summed E-state index contributed by atoms with van der Waals surface area (Å²) in [6.07, 6.45) is 2.41. The second-order valence-corrected chi connectivity index (χ2v) is 5.74. The van der Waals surface area contributed by atoms with Gasteiger partial charge in [-0.25, -0.2) is 0 Å². The molecule has 0 aromatic heterocycles. The first-order valence-corrected chi connectivity index (χ1v) is 7.25. The van der Waals surface area contributed by atoms with Gasteiger partial charge in [0.05, 0.1) is 5.54 Å². The van der Waals surface area contributed by atoms with Crippen LogP contribution in [-0.2, 0) is 4.79 Å². The highest BCUT2D eigenvalue weighted by Gasteiger charge is 2.27. The van der Waals surface area contributed by atoms with E-state index in [0.717, 1.165) is 19.6 Å². The molecule has 1 rings (SSSR count). The molecular weight excluding hydrogens is 226 g/mol. The number of likely N-dealkylation sites (N-methyl/N-ethyl adjacent to an activating group) is 1. The molecule has 1 fully saturated rings. The van der Waals surface area contributed by atoms with Gasteiger partial charge in [-0.1, -0.05) is 13.8 Å². The Balaban J connectivity index is 2.27. The van der Waals surface area contributed by atoms with Gasteiger partial charge in [-0.15, -0.1) is 0 Å². The first-order chi connectivity index (χ1) is 8.49. The molecule has 0 unspecified atom stereocenters. The predicted molar refractivity (Wildman–Crippen MR) is 75.6 cm³/mol. The zero-order valence-corrected chi connectivity index (χ0v) is 12.4. The summed E-state index contributed by atoms with van der Waals surface area (Å²) < 4.78 is 0. The van der Waals surface area contributed by atoms with Gasteiger partial charge in [-0.2, -0.15) is 0 Å². The van der Waals surface area contributed by atoms with Gasteiger partial charge in [0.15, 0.2) is 0 Å². The second kappa shape index (κ2) is 7.10. The highest BCUT2D eigenvalue weighted by molar-refractivity contribution is 5.85. The van der Waals surface area contributed by atoms with Crippen molar-refractivity contribution in [1.82, 2.24) is 15.5 Å². The van der Waals surface area contributed by atoms with Crippen LogP contribution in [0.15, 0.2) is 0 Å². The molecular formula is C14H29N3O. The molecule has 0 aromatic rings. The summed E-state index contributed by atoms with van der Waals surface area (Å²) in [5.74, 6) is 0.761. The topological polar surface area (TPSA) is 44.4 Å².